The zero-order valence-electron chi connectivity index (χ0n) is 16.7. The zero-order valence-corrected chi connectivity index (χ0v) is 16.7. The maximum absolute atomic E-state index is 13.7. The summed E-state index contributed by atoms with van der Waals surface area (Å²) in [6.45, 7) is 3.81. The van der Waals surface area contributed by atoms with E-state index in [4.69, 9.17) is 0 Å². The van der Waals surface area contributed by atoms with Crippen LogP contribution >= 0.6 is 0 Å². The summed E-state index contributed by atoms with van der Waals surface area (Å²) in [5.74, 6) is -0.244. The molecule has 3 aromatic heterocycles. The number of amides is 1. The second-order valence-electron chi connectivity index (χ2n) is 7.11. The van der Waals surface area contributed by atoms with Gasteiger partial charge in [-0.2, -0.15) is 18.3 Å². The molecule has 4 aromatic rings. The van der Waals surface area contributed by atoms with E-state index in [0.717, 1.165) is 17.6 Å². The number of hydrogen-bond donors (Lipinski definition) is 1. The van der Waals surface area contributed by atoms with Crippen molar-refractivity contribution in [3.8, 4) is 5.82 Å². The van der Waals surface area contributed by atoms with Crippen molar-refractivity contribution >= 4 is 16.8 Å². The first kappa shape index (κ1) is 20.5. The van der Waals surface area contributed by atoms with Crippen molar-refractivity contribution in [2.75, 3.05) is 0 Å². The highest BCUT2D eigenvalue weighted by Gasteiger charge is 2.37. The Bertz CT molecular complexity index is 1260. The summed E-state index contributed by atoms with van der Waals surface area (Å²) in [7, 11) is 0. The summed E-state index contributed by atoms with van der Waals surface area (Å²) < 4.78 is 42.8. The van der Waals surface area contributed by atoms with Gasteiger partial charge in [0.25, 0.3) is 5.91 Å². The normalized spacial score (nSPS) is 11.6. The Morgan fingerprint density at radius 2 is 1.84 bits per heavy atom. The molecular weight excluding hydrogens is 407 g/mol. The second-order valence-corrected chi connectivity index (χ2v) is 7.11. The molecule has 0 saturated carbocycles. The number of pyridine rings is 2. The molecule has 0 aliphatic heterocycles. The van der Waals surface area contributed by atoms with E-state index in [-0.39, 0.29) is 17.4 Å². The van der Waals surface area contributed by atoms with Crippen molar-refractivity contribution in [3.63, 3.8) is 0 Å². The lowest BCUT2D eigenvalue weighted by atomic mass is 10.0. The number of hydrogen-bond acceptors (Lipinski definition) is 4. The van der Waals surface area contributed by atoms with Crippen molar-refractivity contribution < 1.29 is 18.0 Å². The molecule has 0 saturated heterocycles. The summed E-state index contributed by atoms with van der Waals surface area (Å²) in [5.41, 5.74) is 1.10. The summed E-state index contributed by atoms with van der Waals surface area (Å²) in [4.78, 5) is 20.9. The number of alkyl halides is 3. The van der Waals surface area contributed by atoms with Crippen LogP contribution in [0.25, 0.3) is 16.7 Å². The Balaban J connectivity index is 1.55. The smallest absolute Gasteiger partial charge is 0.348 e. The maximum Gasteiger partial charge on any atom is 0.417 e. The third-order valence-corrected chi connectivity index (χ3v) is 4.79. The third-order valence-electron chi connectivity index (χ3n) is 4.79. The van der Waals surface area contributed by atoms with E-state index in [1.807, 2.05) is 19.9 Å². The fraction of sp³-hybridized carbons (Fsp3) is 0.182. The first-order valence-electron chi connectivity index (χ1n) is 9.46. The fourth-order valence-corrected chi connectivity index (χ4v) is 3.40. The van der Waals surface area contributed by atoms with Gasteiger partial charge in [0, 0.05) is 30.0 Å². The molecular formula is C22H18F3N5O. The summed E-state index contributed by atoms with van der Waals surface area (Å²) in [5, 5.41) is 6.77. The number of benzene rings is 1. The Kier molecular flexibility index (Phi) is 5.18. The van der Waals surface area contributed by atoms with E-state index < -0.39 is 23.2 Å². The highest BCUT2D eigenvalue weighted by molar-refractivity contribution is 6.00. The average molecular weight is 425 g/mol. The number of para-hydroxylation sites is 1. The Morgan fingerprint density at radius 1 is 1.06 bits per heavy atom. The number of nitrogens with zero attached hydrogens (tertiary/aromatic N) is 4. The lowest BCUT2D eigenvalue weighted by Crippen LogP contribution is -2.26. The van der Waals surface area contributed by atoms with Crippen molar-refractivity contribution in [1.82, 2.24) is 25.1 Å². The van der Waals surface area contributed by atoms with Crippen molar-refractivity contribution in [2.24, 2.45) is 0 Å². The zero-order chi connectivity index (χ0) is 22.2. The Morgan fingerprint density at radius 3 is 2.48 bits per heavy atom. The van der Waals surface area contributed by atoms with E-state index in [0.29, 0.717) is 11.4 Å². The minimum Gasteiger partial charge on any atom is -0.348 e. The molecule has 1 amide bonds. The highest BCUT2D eigenvalue weighted by atomic mass is 19.4. The molecule has 9 heteroatoms. The van der Waals surface area contributed by atoms with Crippen LogP contribution in [0.2, 0.25) is 0 Å². The number of rotatable bonds is 4. The number of fused-ring (bicyclic) bond motifs is 1. The van der Waals surface area contributed by atoms with Gasteiger partial charge < -0.3 is 5.32 Å². The molecule has 0 spiro atoms. The van der Waals surface area contributed by atoms with Gasteiger partial charge in [-0.05, 0) is 37.6 Å². The molecule has 1 N–H and O–H groups in total. The van der Waals surface area contributed by atoms with Gasteiger partial charge in [0.15, 0.2) is 5.82 Å². The average Bonchev–Trinajstić information content (AvgIpc) is 3.08. The van der Waals surface area contributed by atoms with E-state index in [9.17, 15) is 18.0 Å². The monoisotopic (exact) mass is 425 g/mol. The predicted molar refractivity (Wildman–Crippen MR) is 109 cm³/mol. The van der Waals surface area contributed by atoms with Crippen LogP contribution in [0, 0.1) is 13.8 Å². The SMILES string of the molecule is Cc1cc(C)n(-c2ccc(CNC(=O)c3cnc4ccccc4c3C(F)(F)F)cn2)n1. The van der Waals surface area contributed by atoms with Crippen LogP contribution in [0.1, 0.15) is 32.9 Å². The minimum atomic E-state index is -4.70. The molecule has 0 radical (unpaired) electrons. The van der Waals surface area contributed by atoms with Gasteiger partial charge >= 0.3 is 6.18 Å². The van der Waals surface area contributed by atoms with Crippen LogP contribution in [0.15, 0.2) is 54.9 Å². The summed E-state index contributed by atoms with van der Waals surface area (Å²) in [6.07, 6.45) is -2.18. The topological polar surface area (TPSA) is 72.7 Å². The molecule has 0 atom stereocenters. The summed E-state index contributed by atoms with van der Waals surface area (Å²) >= 11 is 0. The van der Waals surface area contributed by atoms with Crippen molar-refractivity contribution in [1.29, 1.82) is 0 Å². The predicted octanol–water partition coefficient (Wildman–Crippen LogP) is 4.38. The molecule has 3 heterocycles. The van der Waals surface area contributed by atoms with Crippen LogP contribution < -0.4 is 5.32 Å². The van der Waals surface area contributed by atoms with Crippen LogP contribution in [-0.2, 0) is 12.7 Å². The quantitative estimate of drug-likeness (QED) is 0.527. The van der Waals surface area contributed by atoms with Crippen LogP contribution in [0.4, 0.5) is 13.2 Å². The number of nitrogens with one attached hydrogen (secondary N) is 1. The fourth-order valence-electron chi connectivity index (χ4n) is 3.40. The van der Waals surface area contributed by atoms with E-state index in [2.05, 4.69) is 20.4 Å². The van der Waals surface area contributed by atoms with E-state index in [1.54, 1.807) is 29.1 Å². The molecule has 31 heavy (non-hydrogen) atoms. The molecule has 4 rings (SSSR count). The summed E-state index contributed by atoms with van der Waals surface area (Å²) in [6, 6.07) is 11.3. The van der Waals surface area contributed by atoms with Gasteiger partial charge in [0.1, 0.15) is 0 Å². The minimum absolute atomic E-state index is 0.0212. The first-order valence-corrected chi connectivity index (χ1v) is 9.46. The van der Waals surface area contributed by atoms with Gasteiger partial charge in [-0.25, -0.2) is 9.67 Å². The Labute approximate surface area is 175 Å². The standard InChI is InChI=1S/C22H18F3N5O/c1-13-9-14(2)30(29-13)19-8-7-15(10-27-19)11-28-21(31)17-12-26-18-6-4-3-5-16(18)20(17)22(23,24)25/h3-10,12H,11H2,1-2H3,(H,28,31). The number of aromatic nitrogens is 4. The lowest BCUT2D eigenvalue weighted by Gasteiger charge is -2.15. The molecule has 0 unspecified atom stereocenters. The molecule has 6 nitrogen and oxygen atoms in total. The lowest BCUT2D eigenvalue weighted by molar-refractivity contribution is -0.136. The van der Waals surface area contributed by atoms with Gasteiger partial charge in [0.05, 0.1) is 22.3 Å². The molecule has 0 aliphatic carbocycles. The van der Waals surface area contributed by atoms with E-state index in [1.165, 1.54) is 18.2 Å². The highest BCUT2D eigenvalue weighted by Crippen LogP contribution is 2.36. The van der Waals surface area contributed by atoms with Crippen LogP contribution in [-0.4, -0.2) is 25.7 Å². The van der Waals surface area contributed by atoms with E-state index >= 15 is 0 Å². The van der Waals surface area contributed by atoms with Crippen LogP contribution in [0.5, 0.6) is 0 Å². The van der Waals surface area contributed by atoms with Crippen molar-refractivity contribution in [3.05, 3.63) is 82.9 Å². The van der Waals surface area contributed by atoms with Gasteiger partial charge in [-0.15, -0.1) is 0 Å². The second kappa shape index (κ2) is 7.82. The maximum atomic E-state index is 13.7. The number of carbonyl (C=O) groups is 1. The first-order chi connectivity index (χ1) is 14.7. The molecule has 0 fully saturated rings. The van der Waals surface area contributed by atoms with Gasteiger partial charge in [-0.1, -0.05) is 24.3 Å². The van der Waals surface area contributed by atoms with Gasteiger partial charge in [-0.3, -0.25) is 9.78 Å². The van der Waals surface area contributed by atoms with Crippen molar-refractivity contribution in [2.45, 2.75) is 26.6 Å². The molecule has 1 aromatic carbocycles. The largest absolute Gasteiger partial charge is 0.417 e. The van der Waals surface area contributed by atoms with Gasteiger partial charge in [0.2, 0.25) is 0 Å². The number of aryl methyl sites for hydroxylation is 2. The third kappa shape index (κ3) is 4.11. The number of halogens is 3. The molecule has 158 valence electrons. The molecule has 0 bridgehead atoms. The molecule has 0 aliphatic rings. The van der Waals surface area contributed by atoms with Crippen LogP contribution in [0.3, 0.4) is 0 Å². The Hall–Kier alpha value is -3.75. The number of carbonyl (C=O) groups excluding carboxylic acids is 1.